The van der Waals surface area contributed by atoms with E-state index in [0.29, 0.717) is 29.4 Å². The lowest BCUT2D eigenvalue weighted by atomic mass is 10.1. The first kappa shape index (κ1) is 16.3. The first-order valence-corrected chi connectivity index (χ1v) is 8.71. The van der Waals surface area contributed by atoms with E-state index in [1.807, 2.05) is 12.1 Å². The fourth-order valence-electron chi connectivity index (χ4n) is 3.31. The van der Waals surface area contributed by atoms with Crippen LogP contribution < -0.4 is 10.9 Å². The largest absolute Gasteiger partial charge is 0.508 e. The molecule has 0 bridgehead atoms. The highest BCUT2D eigenvalue weighted by atomic mass is 16.3. The second-order valence-electron chi connectivity index (χ2n) is 6.49. The molecule has 0 radical (unpaired) electrons. The van der Waals surface area contributed by atoms with Gasteiger partial charge in [-0.05, 0) is 48.7 Å². The van der Waals surface area contributed by atoms with Crippen molar-refractivity contribution in [2.24, 2.45) is 0 Å². The minimum absolute atomic E-state index is 0.0261. The average Bonchev–Trinajstić information content (AvgIpc) is 3.12. The number of hydrogen-bond acceptors (Lipinski definition) is 4. The van der Waals surface area contributed by atoms with E-state index >= 15 is 0 Å². The smallest absolute Gasteiger partial charge is 0.261 e. The summed E-state index contributed by atoms with van der Waals surface area (Å²) in [6.45, 7) is 1.21. The molecule has 1 aliphatic heterocycles. The monoisotopic (exact) mass is 349 g/mol. The number of nitrogens with zero attached hydrogens (tertiary/aromatic N) is 2. The van der Waals surface area contributed by atoms with Gasteiger partial charge in [0.05, 0.1) is 10.9 Å². The topological polar surface area (TPSA) is 84.2 Å². The summed E-state index contributed by atoms with van der Waals surface area (Å²) < 4.78 is 1.72. The maximum atomic E-state index is 12.5. The summed E-state index contributed by atoms with van der Waals surface area (Å²) in [5, 5.41) is 12.7. The Hall–Kier alpha value is -3.15. The third kappa shape index (κ3) is 3.06. The van der Waals surface area contributed by atoms with Gasteiger partial charge in [-0.2, -0.15) is 0 Å². The van der Waals surface area contributed by atoms with Crippen molar-refractivity contribution < 1.29 is 9.90 Å². The molecule has 1 aromatic heterocycles. The van der Waals surface area contributed by atoms with Crippen molar-refractivity contribution in [2.45, 2.75) is 25.8 Å². The van der Waals surface area contributed by atoms with Gasteiger partial charge in [-0.3, -0.25) is 14.2 Å². The Bertz CT molecular complexity index is 1040. The number of aromatic hydroxyl groups is 1. The Labute approximate surface area is 150 Å². The number of hydrogen-bond donors (Lipinski definition) is 2. The Morgan fingerprint density at radius 1 is 1.19 bits per heavy atom. The highest BCUT2D eigenvalue weighted by molar-refractivity contribution is 5.97. The lowest BCUT2D eigenvalue weighted by molar-refractivity contribution is 0.0954. The third-order valence-electron chi connectivity index (χ3n) is 4.71. The highest BCUT2D eigenvalue weighted by Crippen LogP contribution is 2.16. The standard InChI is InChI=1S/C20H19N3O3/c24-15-6-3-13(4-7-15)9-10-21-19(25)14-5-8-16-17(12-14)22-18-2-1-11-23(18)20(16)26/h3-8,12,24H,1-2,9-11H2,(H,21,25). The molecule has 0 saturated heterocycles. The molecule has 6 nitrogen and oxygen atoms in total. The third-order valence-corrected chi connectivity index (χ3v) is 4.71. The van der Waals surface area contributed by atoms with Crippen molar-refractivity contribution in [1.29, 1.82) is 0 Å². The zero-order chi connectivity index (χ0) is 18.1. The molecule has 3 aromatic rings. The Morgan fingerprint density at radius 2 is 2.00 bits per heavy atom. The average molecular weight is 349 g/mol. The van der Waals surface area contributed by atoms with Crippen LogP contribution in [-0.2, 0) is 19.4 Å². The molecule has 2 heterocycles. The van der Waals surface area contributed by atoms with Crippen molar-refractivity contribution in [3.05, 3.63) is 69.8 Å². The Morgan fingerprint density at radius 3 is 2.81 bits per heavy atom. The van der Waals surface area contributed by atoms with Gasteiger partial charge in [-0.25, -0.2) is 4.98 Å². The zero-order valence-electron chi connectivity index (χ0n) is 14.2. The van der Waals surface area contributed by atoms with Gasteiger partial charge in [-0.15, -0.1) is 0 Å². The van der Waals surface area contributed by atoms with E-state index in [4.69, 9.17) is 0 Å². The van der Waals surface area contributed by atoms with Crippen molar-refractivity contribution in [2.75, 3.05) is 6.54 Å². The minimum atomic E-state index is -0.187. The number of phenols is 1. The summed E-state index contributed by atoms with van der Waals surface area (Å²) in [5.74, 6) is 0.837. The fourth-order valence-corrected chi connectivity index (χ4v) is 3.31. The van der Waals surface area contributed by atoms with E-state index in [1.54, 1.807) is 34.9 Å². The van der Waals surface area contributed by atoms with E-state index in [0.717, 1.165) is 30.8 Å². The van der Waals surface area contributed by atoms with Crippen molar-refractivity contribution in [3.63, 3.8) is 0 Å². The number of benzene rings is 2. The number of carbonyl (C=O) groups excluding carboxylic acids is 1. The van der Waals surface area contributed by atoms with Crippen LogP contribution in [0.2, 0.25) is 0 Å². The summed E-state index contributed by atoms with van der Waals surface area (Å²) in [4.78, 5) is 29.4. The van der Waals surface area contributed by atoms with Crippen LogP contribution in [0.3, 0.4) is 0 Å². The molecule has 2 aromatic carbocycles. The van der Waals surface area contributed by atoms with Crippen LogP contribution in [0.1, 0.15) is 28.2 Å². The molecular formula is C20H19N3O3. The van der Waals surface area contributed by atoms with E-state index in [1.165, 1.54) is 0 Å². The highest BCUT2D eigenvalue weighted by Gasteiger charge is 2.17. The van der Waals surface area contributed by atoms with Gasteiger partial charge in [-0.1, -0.05) is 12.1 Å². The first-order valence-electron chi connectivity index (χ1n) is 8.71. The van der Waals surface area contributed by atoms with Gasteiger partial charge in [0.2, 0.25) is 0 Å². The summed E-state index contributed by atoms with van der Waals surface area (Å²) in [5.41, 5.74) is 2.08. The van der Waals surface area contributed by atoms with Gasteiger partial charge < -0.3 is 10.4 Å². The van der Waals surface area contributed by atoms with E-state index in [2.05, 4.69) is 10.3 Å². The molecule has 26 heavy (non-hydrogen) atoms. The number of aryl methyl sites for hydroxylation is 1. The minimum Gasteiger partial charge on any atom is -0.508 e. The van der Waals surface area contributed by atoms with Gasteiger partial charge in [0.25, 0.3) is 11.5 Å². The van der Waals surface area contributed by atoms with Crippen LogP contribution in [0.15, 0.2) is 47.3 Å². The molecule has 1 aliphatic rings. The summed E-state index contributed by atoms with van der Waals surface area (Å²) in [7, 11) is 0. The van der Waals surface area contributed by atoms with E-state index in [-0.39, 0.29) is 17.2 Å². The van der Waals surface area contributed by atoms with Gasteiger partial charge in [0.1, 0.15) is 11.6 Å². The second-order valence-corrected chi connectivity index (χ2v) is 6.49. The van der Waals surface area contributed by atoms with Gasteiger partial charge in [0, 0.05) is 25.1 Å². The quantitative estimate of drug-likeness (QED) is 0.755. The van der Waals surface area contributed by atoms with E-state index < -0.39 is 0 Å². The number of nitrogens with one attached hydrogen (secondary N) is 1. The van der Waals surface area contributed by atoms with Crippen LogP contribution in [0.5, 0.6) is 5.75 Å². The Balaban J connectivity index is 1.49. The lowest BCUT2D eigenvalue weighted by Gasteiger charge is -2.08. The van der Waals surface area contributed by atoms with Crippen molar-refractivity contribution in [1.82, 2.24) is 14.9 Å². The van der Waals surface area contributed by atoms with Crippen LogP contribution >= 0.6 is 0 Å². The number of aromatic nitrogens is 2. The SMILES string of the molecule is O=C(NCCc1ccc(O)cc1)c1ccc2c(=O)n3c(nc2c1)CCC3. The van der Waals surface area contributed by atoms with E-state index in [9.17, 15) is 14.7 Å². The molecule has 0 fully saturated rings. The fraction of sp³-hybridized carbons (Fsp3) is 0.250. The summed E-state index contributed by atoms with van der Waals surface area (Å²) in [6, 6.07) is 12.0. The number of rotatable bonds is 4. The van der Waals surface area contributed by atoms with Crippen molar-refractivity contribution >= 4 is 16.8 Å². The van der Waals surface area contributed by atoms with Crippen LogP contribution in [0, 0.1) is 0 Å². The first-order chi connectivity index (χ1) is 12.6. The number of phenolic OH excluding ortho intramolecular Hbond substituents is 1. The molecule has 0 saturated carbocycles. The molecular weight excluding hydrogens is 330 g/mol. The molecule has 4 rings (SSSR count). The predicted octanol–water partition coefficient (Wildman–Crippen LogP) is 2.02. The lowest BCUT2D eigenvalue weighted by Crippen LogP contribution is -2.26. The Kier molecular flexibility index (Phi) is 4.16. The normalized spacial score (nSPS) is 12.9. The predicted molar refractivity (Wildman–Crippen MR) is 98.5 cm³/mol. The summed E-state index contributed by atoms with van der Waals surface area (Å²) in [6.07, 6.45) is 2.41. The van der Waals surface area contributed by atoms with Crippen molar-refractivity contribution in [3.8, 4) is 5.75 Å². The van der Waals surface area contributed by atoms with Gasteiger partial charge >= 0.3 is 0 Å². The molecule has 132 valence electrons. The molecule has 6 heteroatoms. The molecule has 1 amide bonds. The molecule has 0 aliphatic carbocycles. The number of amides is 1. The summed E-state index contributed by atoms with van der Waals surface area (Å²) >= 11 is 0. The number of fused-ring (bicyclic) bond motifs is 2. The van der Waals surface area contributed by atoms with Crippen LogP contribution in [-0.4, -0.2) is 27.1 Å². The zero-order valence-corrected chi connectivity index (χ0v) is 14.2. The second kappa shape index (κ2) is 6.63. The van der Waals surface area contributed by atoms with Crippen LogP contribution in [0.4, 0.5) is 0 Å². The molecule has 0 unspecified atom stereocenters. The molecule has 0 spiro atoms. The molecule has 2 N–H and O–H groups in total. The van der Waals surface area contributed by atoms with Crippen LogP contribution in [0.25, 0.3) is 10.9 Å². The maximum absolute atomic E-state index is 12.5. The molecule has 0 atom stereocenters. The number of carbonyl (C=O) groups is 1. The van der Waals surface area contributed by atoms with Gasteiger partial charge in [0.15, 0.2) is 0 Å². The maximum Gasteiger partial charge on any atom is 0.261 e.